The lowest BCUT2D eigenvalue weighted by atomic mass is 10.1. The van der Waals surface area contributed by atoms with Crippen LogP contribution in [0.25, 0.3) is 11.4 Å². The van der Waals surface area contributed by atoms with Gasteiger partial charge in [0.2, 0.25) is 11.1 Å². The summed E-state index contributed by atoms with van der Waals surface area (Å²) in [5.41, 5.74) is 1.17. The van der Waals surface area contributed by atoms with Crippen molar-refractivity contribution in [3.63, 3.8) is 0 Å². The number of carbonyl (C=O) groups excluding carboxylic acids is 1. The van der Waals surface area contributed by atoms with Gasteiger partial charge in [-0.05, 0) is 43.2 Å². The van der Waals surface area contributed by atoms with Gasteiger partial charge in [0.25, 0.3) is 0 Å². The molecule has 1 heterocycles. The first-order chi connectivity index (χ1) is 13.5. The average Bonchev–Trinajstić information content (AvgIpc) is 3.04. The highest BCUT2D eigenvalue weighted by Crippen LogP contribution is 2.26. The van der Waals surface area contributed by atoms with Crippen molar-refractivity contribution in [2.45, 2.75) is 23.8 Å². The molecule has 3 rings (SSSR count). The SMILES string of the molecule is C[C@@H](Sc1nnc(-c2ccccc2F)n1N)C(=O)NCCc1ccc(F)cc1. The van der Waals surface area contributed by atoms with Gasteiger partial charge in [0.05, 0.1) is 10.8 Å². The number of rotatable bonds is 7. The molecule has 0 saturated heterocycles. The van der Waals surface area contributed by atoms with Crippen molar-refractivity contribution in [2.75, 3.05) is 12.4 Å². The second-order valence-corrected chi connectivity index (χ2v) is 7.39. The maximum atomic E-state index is 13.9. The highest BCUT2D eigenvalue weighted by molar-refractivity contribution is 8.00. The van der Waals surface area contributed by atoms with Gasteiger partial charge in [-0.3, -0.25) is 4.79 Å². The molecule has 0 fully saturated rings. The lowest BCUT2D eigenvalue weighted by molar-refractivity contribution is -0.120. The van der Waals surface area contributed by atoms with Crippen LogP contribution in [0.1, 0.15) is 12.5 Å². The van der Waals surface area contributed by atoms with Crippen molar-refractivity contribution >= 4 is 17.7 Å². The van der Waals surface area contributed by atoms with E-state index in [9.17, 15) is 13.6 Å². The minimum atomic E-state index is -0.479. The molecule has 0 aliphatic rings. The van der Waals surface area contributed by atoms with Gasteiger partial charge < -0.3 is 11.2 Å². The summed E-state index contributed by atoms with van der Waals surface area (Å²) in [5, 5.41) is 10.5. The van der Waals surface area contributed by atoms with E-state index in [1.54, 1.807) is 37.3 Å². The number of hydrogen-bond donors (Lipinski definition) is 2. The second kappa shape index (κ2) is 8.83. The summed E-state index contributed by atoms with van der Waals surface area (Å²) in [6.45, 7) is 2.14. The van der Waals surface area contributed by atoms with Gasteiger partial charge in [-0.1, -0.05) is 36.0 Å². The molecular weight excluding hydrogens is 384 g/mol. The average molecular weight is 403 g/mol. The number of nitrogens with zero attached hydrogens (tertiary/aromatic N) is 3. The number of hydrogen-bond acceptors (Lipinski definition) is 5. The Balaban J connectivity index is 1.57. The van der Waals surface area contributed by atoms with Crippen LogP contribution in [0.3, 0.4) is 0 Å². The molecule has 2 aromatic carbocycles. The molecule has 6 nitrogen and oxygen atoms in total. The first kappa shape index (κ1) is 19.8. The van der Waals surface area contributed by atoms with Crippen LogP contribution >= 0.6 is 11.8 Å². The van der Waals surface area contributed by atoms with E-state index in [2.05, 4.69) is 15.5 Å². The van der Waals surface area contributed by atoms with E-state index in [0.717, 1.165) is 17.3 Å². The largest absolute Gasteiger partial charge is 0.355 e. The number of nitrogens with one attached hydrogen (secondary N) is 1. The summed E-state index contributed by atoms with van der Waals surface area (Å²) in [7, 11) is 0. The van der Waals surface area contributed by atoms with Crippen molar-refractivity contribution < 1.29 is 13.6 Å². The van der Waals surface area contributed by atoms with Crippen LogP contribution in [-0.4, -0.2) is 32.6 Å². The van der Waals surface area contributed by atoms with E-state index in [-0.39, 0.29) is 23.1 Å². The van der Waals surface area contributed by atoms with Gasteiger partial charge in [0.15, 0.2) is 5.82 Å². The molecule has 146 valence electrons. The van der Waals surface area contributed by atoms with Crippen LogP contribution < -0.4 is 11.2 Å². The number of thioether (sulfide) groups is 1. The number of carbonyl (C=O) groups is 1. The normalized spacial score (nSPS) is 12.0. The zero-order valence-corrected chi connectivity index (χ0v) is 15.9. The van der Waals surface area contributed by atoms with Crippen molar-refractivity contribution in [2.24, 2.45) is 0 Å². The fraction of sp³-hybridized carbons (Fsp3) is 0.211. The first-order valence-electron chi connectivity index (χ1n) is 8.60. The Bertz CT molecular complexity index is 961. The highest BCUT2D eigenvalue weighted by atomic mass is 32.2. The molecule has 28 heavy (non-hydrogen) atoms. The number of nitrogens with two attached hydrogens (primary N) is 1. The standard InChI is InChI=1S/C19H19F2N5OS/c1-12(18(27)23-11-10-13-6-8-14(20)9-7-13)28-19-25-24-17(26(19)22)15-4-2-3-5-16(15)21/h2-9,12H,10-11,22H2,1H3,(H,23,27)/t12-/m1/s1. The Morgan fingerprint density at radius 1 is 1.18 bits per heavy atom. The lowest BCUT2D eigenvalue weighted by Gasteiger charge is -2.11. The van der Waals surface area contributed by atoms with Crippen LogP contribution in [0.15, 0.2) is 53.7 Å². The number of aromatic nitrogens is 3. The van der Waals surface area contributed by atoms with E-state index in [1.165, 1.54) is 22.9 Å². The molecular formula is C19H19F2N5OS. The van der Waals surface area contributed by atoms with Gasteiger partial charge in [0.1, 0.15) is 11.6 Å². The van der Waals surface area contributed by atoms with Crippen molar-refractivity contribution in [1.29, 1.82) is 0 Å². The summed E-state index contributed by atoms with van der Waals surface area (Å²) in [6, 6.07) is 12.3. The summed E-state index contributed by atoms with van der Waals surface area (Å²) in [4.78, 5) is 12.3. The van der Waals surface area contributed by atoms with Crippen molar-refractivity contribution in [1.82, 2.24) is 20.2 Å². The van der Waals surface area contributed by atoms with E-state index in [4.69, 9.17) is 5.84 Å². The van der Waals surface area contributed by atoms with Gasteiger partial charge in [-0.2, -0.15) is 0 Å². The van der Waals surface area contributed by atoms with Gasteiger partial charge in [-0.15, -0.1) is 10.2 Å². The Morgan fingerprint density at radius 2 is 1.89 bits per heavy atom. The van der Waals surface area contributed by atoms with Crippen LogP contribution in [0.5, 0.6) is 0 Å². The maximum Gasteiger partial charge on any atom is 0.233 e. The highest BCUT2D eigenvalue weighted by Gasteiger charge is 2.20. The Hall–Kier alpha value is -2.94. The molecule has 3 N–H and O–H groups in total. The quantitative estimate of drug-likeness (QED) is 0.468. The molecule has 9 heteroatoms. The van der Waals surface area contributed by atoms with E-state index in [1.807, 2.05) is 0 Å². The number of halogens is 2. The lowest BCUT2D eigenvalue weighted by Crippen LogP contribution is -2.32. The summed E-state index contributed by atoms with van der Waals surface area (Å²) >= 11 is 1.13. The van der Waals surface area contributed by atoms with Crippen LogP contribution in [-0.2, 0) is 11.2 Å². The van der Waals surface area contributed by atoms with Crippen LogP contribution in [0, 0.1) is 11.6 Å². The van der Waals surface area contributed by atoms with E-state index < -0.39 is 11.1 Å². The molecule has 0 radical (unpaired) electrons. The minimum Gasteiger partial charge on any atom is -0.355 e. The smallest absolute Gasteiger partial charge is 0.233 e. The number of amides is 1. The zero-order chi connectivity index (χ0) is 20.1. The van der Waals surface area contributed by atoms with Gasteiger partial charge in [-0.25, -0.2) is 13.5 Å². The van der Waals surface area contributed by atoms with Crippen molar-refractivity contribution in [3.8, 4) is 11.4 Å². The van der Waals surface area contributed by atoms with Crippen molar-refractivity contribution in [3.05, 3.63) is 65.7 Å². The summed E-state index contributed by atoms with van der Waals surface area (Å²) in [6.07, 6.45) is 0.591. The molecule has 0 saturated carbocycles. The monoisotopic (exact) mass is 403 g/mol. The molecule has 0 aliphatic carbocycles. The third-order valence-electron chi connectivity index (χ3n) is 4.06. The molecule has 0 spiro atoms. The molecule has 1 atom stereocenters. The fourth-order valence-electron chi connectivity index (χ4n) is 2.52. The molecule has 0 unspecified atom stereocenters. The summed E-state index contributed by atoms with van der Waals surface area (Å²) < 4.78 is 28.0. The molecule has 0 bridgehead atoms. The second-order valence-electron chi connectivity index (χ2n) is 6.08. The minimum absolute atomic E-state index is 0.185. The zero-order valence-electron chi connectivity index (χ0n) is 15.1. The predicted molar refractivity (Wildman–Crippen MR) is 104 cm³/mol. The summed E-state index contributed by atoms with van der Waals surface area (Å²) in [5.74, 6) is 5.23. The molecule has 1 amide bonds. The van der Waals surface area contributed by atoms with E-state index in [0.29, 0.717) is 18.1 Å². The fourth-order valence-corrected chi connectivity index (χ4v) is 3.31. The number of nitrogen functional groups attached to an aromatic ring is 1. The van der Waals surface area contributed by atoms with Gasteiger partial charge >= 0.3 is 0 Å². The van der Waals surface area contributed by atoms with Crippen LogP contribution in [0.4, 0.5) is 8.78 Å². The Morgan fingerprint density at radius 3 is 2.61 bits per heavy atom. The topological polar surface area (TPSA) is 85.8 Å². The molecule has 1 aromatic heterocycles. The molecule has 0 aliphatic heterocycles. The Labute approximate surface area is 165 Å². The van der Waals surface area contributed by atoms with E-state index >= 15 is 0 Å². The maximum absolute atomic E-state index is 13.9. The number of benzene rings is 2. The third-order valence-corrected chi connectivity index (χ3v) is 5.11. The molecule has 3 aromatic rings. The third kappa shape index (κ3) is 4.66. The first-order valence-corrected chi connectivity index (χ1v) is 9.48. The Kier molecular flexibility index (Phi) is 6.25. The predicted octanol–water partition coefficient (Wildman–Crippen LogP) is 2.78. The van der Waals surface area contributed by atoms with Crippen LogP contribution in [0.2, 0.25) is 0 Å². The van der Waals surface area contributed by atoms with Gasteiger partial charge in [0, 0.05) is 6.54 Å².